The molecule has 0 radical (unpaired) electrons. The van der Waals surface area contributed by atoms with E-state index >= 15 is 0 Å². The molecule has 1 aliphatic rings. The van der Waals surface area contributed by atoms with Gasteiger partial charge in [0, 0.05) is 23.7 Å². The van der Waals surface area contributed by atoms with Crippen LogP contribution < -0.4 is 9.64 Å². The number of rotatable bonds is 4. The first-order valence-electron chi connectivity index (χ1n) is 7.66. The van der Waals surface area contributed by atoms with Gasteiger partial charge in [-0.05, 0) is 30.7 Å². The van der Waals surface area contributed by atoms with Crippen LogP contribution in [0.2, 0.25) is 0 Å². The molecule has 0 bridgehead atoms. The van der Waals surface area contributed by atoms with Crippen LogP contribution >= 0.6 is 0 Å². The first-order chi connectivity index (χ1) is 12.0. The number of carbonyl (C=O) groups excluding carboxylic acids is 1. The fourth-order valence-electron chi connectivity index (χ4n) is 2.92. The van der Waals surface area contributed by atoms with Crippen molar-refractivity contribution < 1.29 is 19.6 Å². The topological polar surface area (TPSA) is 92.9 Å². The zero-order chi connectivity index (χ0) is 18.1. The number of phenols is 1. The number of hydrogen-bond donors (Lipinski definition) is 1. The third kappa shape index (κ3) is 2.69. The van der Waals surface area contributed by atoms with Crippen molar-refractivity contribution in [2.45, 2.75) is 6.92 Å². The zero-order valence-corrected chi connectivity index (χ0v) is 13.7. The number of likely N-dealkylation sites (N-methyl/N-ethyl adjacent to an activating group) is 1. The minimum absolute atomic E-state index is 0.0212. The third-order valence-corrected chi connectivity index (χ3v) is 4.08. The van der Waals surface area contributed by atoms with Gasteiger partial charge in [-0.25, -0.2) is 0 Å². The number of para-hydroxylation sites is 1. The number of hydrogen-bond acceptors (Lipinski definition) is 5. The van der Waals surface area contributed by atoms with E-state index < -0.39 is 16.4 Å². The van der Waals surface area contributed by atoms with Gasteiger partial charge in [-0.3, -0.25) is 14.9 Å². The van der Waals surface area contributed by atoms with Crippen LogP contribution in [0.15, 0.2) is 36.4 Å². The number of ether oxygens (including phenoxy) is 1. The van der Waals surface area contributed by atoms with Gasteiger partial charge >= 0.3 is 5.69 Å². The second-order valence-corrected chi connectivity index (χ2v) is 5.47. The minimum Gasteiger partial charge on any atom is -0.500 e. The van der Waals surface area contributed by atoms with Gasteiger partial charge in [0.2, 0.25) is 5.75 Å². The molecular weight excluding hydrogens is 324 g/mol. The van der Waals surface area contributed by atoms with Gasteiger partial charge in [0.15, 0.2) is 5.75 Å². The van der Waals surface area contributed by atoms with Crippen molar-refractivity contribution in [2.75, 3.05) is 18.6 Å². The minimum atomic E-state index is -0.692. The first-order valence-corrected chi connectivity index (χ1v) is 7.66. The van der Waals surface area contributed by atoms with E-state index in [0.29, 0.717) is 17.7 Å². The number of benzene rings is 2. The lowest BCUT2D eigenvalue weighted by Gasteiger charge is -2.13. The van der Waals surface area contributed by atoms with Gasteiger partial charge in [-0.2, -0.15) is 0 Å². The summed E-state index contributed by atoms with van der Waals surface area (Å²) in [6.07, 6.45) is 1.58. The standard InChI is InChI=1S/C18H16N2O5/c1-3-19-14-7-5-4-6-12(14)13(18(19)22)8-11-9-15(20(23)24)17(21)16(10-11)25-2/h4-10,21H,3H2,1-2H3/b13-8-. The molecule has 0 aromatic heterocycles. The Labute approximate surface area is 143 Å². The quantitative estimate of drug-likeness (QED) is 0.524. The molecule has 2 aromatic rings. The Kier molecular flexibility index (Phi) is 4.14. The average molecular weight is 340 g/mol. The lowest BCUT2D eigenvalue weighted by molar-refractivity contribution is -0.386. The maximum absolute atomic E-state index is 12.7. The predicted molar refractivity (Wildman–Crippen MR) is 93.7 cm³/mol. The maximum atomic E-state index is 12.7. The summed E-state index contributed by atoms with van der Waals surface area (Å²) < 4.78 is 5.00. The lowest BCUT2D eigenvalue weighted by Crippen LogP contribution is -2.25. The summed E-state index contributed by atoms with van der Waals surface area (Å²) in [5.74, 6) is -0.728. The van der Waals surface area contributed by atoms with Gasteiger partial charge in [0.25, 0.3) is 5.91 Å². The maximum Gasteiger partial charge on any atom is 0.315 e. The van der Waals surface area contributed by atoms with Crippen molar-refractivity contribution >= 4 is 28.9 Å². The van der Waals surface area contributed by atoms with Crippen molar-refractivity contribution in [1.82, 2.24) is 0 Å². The molecule has 0 saturated heterocycles. The van der Waals surface area contributed by atoms with Crippen LogP contribution in [0.4, 0.5) is 11.4 Å². The Bertz CT molecular complexity index is 904. The Hall–Kier alpha value is -3.35. The highest BCUT2D eigenvalue weighted by atomic mass is 16.6. The molecule has 3 rings (SSSR count). The SMILES string of the molecule is CCN1C(=O)/C(=C\c2cc(OC)c(O)c([N+](=O)[O-])c2)c2ccccc21. The number of anilines is 1. The van der Waals surface area contributed by atoms with Crippen LogP contribution in [0.25, 0.3) is 11.6 Å². The van der Waals surface area contributed by atoms with Gasteiger partial charge in [0.1, 0.15) is 0 Å². The number of aromatic hydroxyl groups is 1. The average Bonchev–Trinajstić information content (AvgIpc) is 2.87. The summed E-state index contributed by atoms with van der Waals surface area (Å²) >= 11 is 0. The fraction of sp³-hybridized carbons (Fsp3) is 0.167. The Morgan fingerprint density at radius 2 is 2.04 bits per heavy atom. The highest BCUT2D eigenvalue weighted by Crippen LogP contribution is 2.40. The molecule has 0 aliphatic carbocycles. The molecule has 0 unspecified atom stereocenters. The molecule has 1 N–H and O–H groups in total. The van der Waals surface area contributed by atoms with E-state index in [9.17, 15) is 20.0 Å². The van der Waals surface area contributed by atoms with Gasteiger partial charge in [0.05, 0.1) is 17.7 Å². The summed E-state index contributed by atoms with van der Waals surface area (Å²) in [7, 11) is 1.31. The smallest absolute Gasteiger partial charge is 0.315 e. The number of amides is 1. The normalized spacial score (nSPS) is 14.7. The van der Waals surface area contributed by atoms with E-state index in [1.165, 1.54) is 19.2 Å². The molecule has 0 atom stereocenters. The van der Waals surface area contributed by atoms with Crippen LogP contribution in [-0.4, -0.2) is 29.6 Å². The highest BCUT2D eigenvalue weighted by Gasteiger charge is 2.31. The summed E-state index contributed by atoms with van der Waals surface area (Å²) in [5.41, 5.74) is 1.94. The van der Waals surface area contributed by atoms with Gasteiger partial charge in [-0.1, -0.05) is 18.2 Å². The molecule has 7 nitrogen and oxygen atoms in total. The molecule has 1 heterocycles. The second-order valence-electron chi connectivity index (χ2n) is 5.47. The van der Waals surface area contributed by atoms with Gasteiger partial charge in [-0.15, -0.1) is 0 Å². The summed E-state index contributed by atoms with van der Waals surface area (Å²) in [6, 6.07) is 10.1. The number of nitro groups is 1. The highest BCUT2D eigenvalue weighted by molar-refractivity contribution is 6.35. The van der Waals surface area contributed by atoms with Crippen LogP contribution in [0.5, 0.6) is 11.5 Å². The van der Waals surface area contributed by atoms with Crippen molar-refractivity contribution in [3.63, 3.8) is 0 Å². The molecule has 0 saturated carbocycles. The number of nitrogens with zero attached hydrogens (tertiary/aromatic N) is 2. The molecule has 128 valence electrons. The van der Waals surface area contributed by atoms with E-state index in [1.807, 2.05) is 31.2 Å². The largest absolute Gasteiger partial charge is 0.500 e. The van der Waals surface area contributed by atoms with Crippen molar-refractivity contribution in [1.29, 1.82) is 0 Å². The van der Waals surface area contributed by atoms with Crippen molar-refractivity contribution in [3.05, 3.63) is 57.6 Å². The summed E-state index contributed by atoms with van der Waals surface area (Å²) in [5, 5.41) is 21.0. The third-order valence-electron chi connectivity index (χ3n) is 4.08. The molecule has 7 heteroatoms. The monoisotopic (exact) mass is 340 g/mol. The molecule has 0 spiro atoms. The summed E-state index contributed by atoms with van der Waals surface area (Å²) in [4.78, 5) is 24.8. The number of fused-ring (bicyclic) bond motifs is 1. The number of methoxy groups -OCH3 is 1. The number of phenolic OH excluding ortho intramolecular Hbond substituents is 1. The Morgan fingerprint density at radius 1 is 1.32 bits per heavy atom. The van der Waals surface area contributed by atoms with Crippen molar-refractivity contribution in [3.8, 4) is 11.5 Å². The molecular formula is C18H16N2O5. The van der Waals surface area contributed by atoms with Crippen LogP contribution in [0.1, 0.15) is 18.1 Å². The Morgan fingerprint density at radius 3 is 2.68 bits per heavy atom. The molecule has 2 aromatic carbocycles. The molecule has 1 aliphatic heterocycles. The number of carbonyl (C=O) groups is 1. The van der Waals surface area contributed by atoms with E-state index in [-0.39, 0.29) is 11.7 Å². The first kappa shape index (κ1) is 16.5. The van der Waals surface area contributed by atoms with Crippen LogP contribution in [0, 0.1) is 10.1 Å². The number of nitro benzene ring substituents is 1. The predicted octanol–water partition coefficient (Wildman–Crippen LogP) is 3.22. The van der Waals surface area contributed by atoms with E-state index in [4.69, 9.17) is 4.74 Å². The molecule has 0 fully saturated rings. The second kappa shape index (κ2) is 6.27. The van der Waals surface area contributed by atoms with E-state index in [2.05, 4.69) is 0 Å². The van der Waals surface area contributed by atoms with E-state index in [0.717, 1.165) is 11.3 Å². The zero-order valence-electron chi connectivity index (χ0n) is 13.7. The van der Waals surface area contributed by atoms with Gasteiger partial charge < -0.3 is 14.7 Å². The fourth-order valence-corrected chi connectivity index (χ4v) is 2.92. The molecule has 1 amide bonds. The Balaban J connectivity index is 2.17. The molecule has 25 heavy (non-hydrogen) atoms. The lowest BCUT2D eigenvalue weighted by atomic mass is 10.0. The van der Waals surface area contributed by atoms with Crippen LogP contribution in [0.3, 0.4) is 0 Å². The summed E-state index contributed by atoms with van der Waals surface area (Å²) in [6.45, 7) is 2.40. The van der Waals surface area contributed by atoms with Crippen molar-refractivity contribution in [2.24, 2.45) is 0 Å². The van der Waals surface area contributed by atoms with E-state index in [1.54, 1.807) is 11.0 Å². The van der Waals surface area contributed by atoms with Crippen LogP contribution in [-0.2, 0) is 4.79 Å².